The number of benzene rings is 1. The third-order valence-electron chi connectivity index (χ3n) is 3.62. The Morgan fingerprint density at radius 2 is 2.05 bits per heavy atom. The molecule has 0 aliphatic heterocycles. The number of carboxylic acids is 1. The van der Waals surface area contributed by atoms with Crippen LogP contribution >= 0.6 is 0 Å². The Kier molecular flexibility index (Phi) is 4.26. The van der Waals surface area contributed by atoms with Gasteiger partial charge in [-0.05, 0) is 24.1 Å². The minimum Gasteiger partial charge on any atom is -0.481 e. The Morgan fingerprint density at radius 3 is 2.59 bits per heavy atom. The van der Waals surface area contributed by atoms with Crippen molar-refractivity contribution in [2.24, 2.45) is 5.92 Å². The maximum absolute atomic E-state index is 11.0. The van der Waals surface area contributed by atoms with E-state index >= 15 is 0 Å². The van der Waals surface area contributed by atoms with Crippen LogP contribution in [-0.2, 0) is 16.6 Å². The highest BCUT2D eigenvalue weighted by Gasteiger charge is 2.19. The molecule has 0 amide bonds. The zero-order valence-corrected chi connectivity index (χ0v) is 13.5. The molecule has 0 fully saturated rings. The van der Waals surface area contributed by atoms with Crippen molar-refractivity contribution in [2.45, 2.75) is 39.5 Å². The fraction of sp³-hybridized carbons (Fsp3) is 0.412. The molecule has 1 heterocycles. The van der Waals surface area contributed by atoms with Gasteiger partial charge in [-0.15, -0.1) is 0 Å². The van der Waals surface area contributed by atoms with Gasteiger partial charge in [-0.1, -0.05) is 39.8 Å². The minimum absolute atomic E-state index is 0.0746. The van der Waals surface area contributed by atoms with Crippen LogP contribution in [0, 0.1) is 5.92 Å². The van der Waals surface area contributed by atoms with Crippen molar-refractivity contribution in [3.63, 3.8) is 0 Å². The number of aromatic nitrogens is 2. The number of carboxylic acid groups (broad SMARTS) is 1. The number of aliphatic carboxylic acids is 1. The molecule has 0 bridgehead atoms. The monoisotopic (exact) mass is 301 g/mol. The van der Waals surface area contributed by atoms with Gasteiger partial charge in [0.2, 0.25) is 0 Å². The minimum atomic E-state index is -0.793. The summed E-state index contributed by atoms with van der Waals surface area (Å²) in [5.74, 6) is -0.636. The number of nitrogen functional groups attached to an aromatic ring is 1. The SMILES string of the molecule is CC(Cc1cccc(-n2nc(C(C)(C)C)cc2N)c1)C(=O)O. The first-order valence-corrected chi connectivity index (χ1v) is 7.36. The summed E-state index contributed by atoms with van der Waals surface area (Å²) in [5, 5.41) is 13.6. The van der Waals surface area contributed by atoms with Gasteiger partial charge < -0.3 is 10.8 Å². The van der Waals surface area contributed by atoms with Crippen molar-refractivity contribution < 1.29 is 9.90 Å². The summed E-state index contributed by atoms with van der Waals surface area (Å²) in [6.07, 6.45) is 0.483. The maximum Gasteiger partial charge on any atom is 0.306 e. The average Bonchev–Trinajstić information content (AvgIpc) is 2.81. The predicted molar refractivity (Wildman–Crippen MR) is 87.2 cm³/mol. The van der Waals surface area contributed by atoms with Gasteiger partial charge in [-0.25, -0.2) is 4.68 Å². The summed E-state index contributed by atoms with van der Waals surface area (Å²) < 4.78 is 1.70. The van der Waals surface area contributed by atoms with E-state index < -0.39 is 11.9 Å². The molecule has 5 heteroatoms. The van der Waals surface area contributed by atoms with Crippen LogP contribution in [0.2, 0.25) is 0 Å². The van der Waals surface area contributed by atoms with Gasteiger partial charge in [0, 0.05) is 11.5 Å². The zero-order chi connectivity index (χ0) is 16.5. The molecule has 2 aromatic rings. The van der Waals surface area contributed by atoms with Gasteiger partial charge in [0.25, 0.3) is 0 Å². The number of nitrogens with zero attached hydrogens (tertiary/aromatic N) is 2. The smallest absolute Gasteiger partial charge is 0.306 e. The van der Waals surface area contributed by atoms with E-state index in [0.717, 1.165) is 16.9 Å². The lowest BCUT2D eigenvalue weighted by molar-refractivity contribution is -0.141. The summed E-state index contributed by atoms with van der Waals surface area (Å²) in [6.45, 7) is 7.97. The van der Waals surface area contributed by atoms with Crippen molar-refractivity contribution in [3.8, 4) is 5.69 Å². The van der Waals surface area contributed by atoms with Gasteiger partial charge in [0.05, 0.1) is 17.3 Å². The molecule has 1 aromatic carbocycles. The first kappa shape index (κ1) is 16.1. The van der Waals surface area contributed by atoms with Crippen LogP contribution in [0.5, 0.6) is 0 Å². The Balaban J connectivity index is 2.34. The standard InChI is InChI=1S/C17H23N3O2/c1-11(16(21)22)8-12-6-5-7-13(9-12)20-15(18)10-14(19-20)17(2,3)4/h5-7,9-11H,8,18H2,1-4H3,(H,21,22). The highest BCUT2D eigenvalue weighted by atomic mass is 16.4. The van der Waals surface area contributed by atoms with Crippen molar-refractivity contribution >= 4 is 11.8 Å². The van der Waals surface area contributed by atoms with E-state index in [1.165, 1.54) is 0 Å². The molecular formula is C17H23N3O2. The van der Waals surface area contributed by atoms with E-state index in [9.17, 15) is 4.79 Å². The van der Waals surface area contributed by atoms with Crippen molar-refractivity contribution in [1.82, 2.24) is 9.78 Å². The molecule has 5 nitrogen and oxygen atoms in total. The highest BCUT2D eigenvalue weighted by Crippen LogP contribution is 2.25. The van der Waals surface area contributed by atoms with Crippen LogP contribution in [0.1, 0.15) is 39.0 Å². The molecule has 0 saturated carbocycles. The van der Waals surface area contributed by atoms with E-state index in [2.05, 4.69) is 25.9 Å². The molecule has 1 aromatic heterocycles. The Morgan fingerprint density at radius 1 is 1.36 bits per heavy atom. The lowest BCUT2D eigenvalue weighted by Crippen LogP contribution is -2.13. The van der Waals surface area contributed by atoms with E-state index in [1.54, 1.807) is 11.6 Å². The van der Waals surface area contributed by atoms with Gasteiger partial charge in [-0.2, -0.15) is 5.10 Å². The Hall–Kier alpha value is -2.30. The Labute approximate surface area is 130 Å². The van der Waals surface area contributed by atoms with Crippen LogP contribution in [0.3, 0.4) is 0 Å². The van der Waals surface area contributed by atoms with E-state index in [1.807, 2.05) is 30.3 Å². The first-order valence-electron chi connectivity index (χ1n) is 7.36. The quantitative estimate of drug-likeness (QED) is 0.909. The molecular weight excluding hydrogens is 278 g/mol. The van der Waals surface area contributed by atoms with Gasteiger partial charge >= 0.3 is 5.97 Å². The third kappa shape index (κ3) is 3.47. The molecule has 118 valence electrons. The topological polar surface area (TPSA) is 81.1 Å². The number of anilines is 1. The molecule has 1 atom stereocenters. The van der Waals surface area contributed by atoms with E-state index in [4.69, 9.17) is 10.8 Å². The fourth-order valence-electron chi connectivity index (χ4n) is 2.22. The molecule has 2 rings (SSSR count). The van der Waals surface area contributed by atoms with Crippen LogP contribution in [0.4, 0.5) is 5.82 Å². The van der Waals surface area contributed by atoms with Crippen LogP contribution in [0.15, 0.2) is 30.3 Å². The van der Waals surface area contributed by atoms with Crippen molar-refractivity contribution in [2.75, 3.05) is 5.73 Å². The second-order valence-corrected chi connectivity index (χ2v) is 6.73. The normalized spacial score (nSPS) is 13.1. The number of carbonyl (C=O) groups is 1. The van der Waals surface area contributed by atoms with Crippen molar-refractivity contribution in [3.05, 3.63) is 41.6 Å². The second kappa shape index (κ2) is 5.83. The molecule has 0 spiro atoms. The second-order valence-electron chi connectivity index (χ2n) is 6.73. The highest BCUT2D eigenvalue weighted by molar-refractivity contribution is 5.70. The molecule has 0 aliphatic rings. The van der Waals surface area contributed by atoms with E-state index in [-0.39, 0.29) is 5.41 Å². The summed E-state index contributed by atoms with van der Waals surface area (Å²) >= 11 is 0. The fourth-order valence-corrected chi connectivity index (χ4v) is 2.22. The zero-order valence-electron chi connectivity index (χ0n) is 13.5. The molecule has 0 aliphatic carbocycles. The third-order valence-corrected chi connectivity index (χ3v) is 3.62. The Bertz CT molecular complexity index is 683. The number of hydrogen-bond donors (Lipinski definition) is 2. The van der Waals surface area contributed by atoms with Crippen LogP contribution in [0.25, 0.3) is 5.69 Å². The van der Waals surface area contributed by atoms with E-state index in [0.29, 0.717) is 12.2 Å². The summed E-state index contributed by atoms with van der Waals surface area (Å²) in [4.78, 5) is 11.0. The lowest BCUT2D eigenvalue weighted by Gasteiger charge is -2.14. The predicted octanol–water partition coefficient (Wildman–Crippen LogP) is 3.02. The molecule has 0 saturated heterocycles. The molecule has 0 radical (unpaired) electrons. The van der Waals surface area contributed by atoms with Gasteiger partial charge in [0.1, 0.15) is 5.82 Å². The summed E-state index contributed by atoms with van der Waals surface area (Å²) in [5.41, 5.74) is 8.73. The number of rotatable bonds is 4. The van der Waals surface area contributed by atoms with Crippen LogP contribution < -0.4 is 5.73 Å². The average molecular weight is 301 g/mol. The largest absolute Gasteiger partial charge is 0.481 e. The van der Waals surface area contributed by atoms with Gasteiger partial charge in [0.15, 0.2) is 0 Å². The first-order chi connectivity index (χ1) is 10.2. The number of hydrogen-bond acceptors (Lipinski definition) is 3. The van der Waals surface area contributed by atoms with Crippen molar-refractivity contribution in [1.29, 1.82) is 0 Å². The summed E-state index contributed by atoms with van der Waals surface area (Å²) in [7, 11) is 0. The molecule has 22 heavy (non-hydrogen) atoms. The molecule has 3 N–H and O–H groups in total. The van der Waals surface area contributed by atoms with Crippen LogP contribution in [-0.4, -0.2) is 20.9 Å². The van der Waals surface area contributed by atoms with Gasteiger partial charge in [-0.3, -0.25) is 4.79 Å². The maximum atomic E-state index is 11.0. The summed E-state index contributed by atoms with van der Waals surface area (Å²) in [6, 6.07) is 9.57. The molecule has 1 unspecified atom stereocenters. The lowest BCUT2D eigenvalue weighted by atomic mass is 9.92. The number of nitrogens with two attached hydrogens (primary N) is 1.